The fraction of sp³-hybridized carbons (Fsp3) is 0.222. The number of aromatic nitrogens is 1. The number of anilines is 1. The Hall–Kier alpha value is -2.11. The number of nitrogens with zero attached hydrogens (tertiary/aromatic N) is 3. The van der Waals surface area contributed by atoms with Gasteiger partial charge in [0.1, 0.15) is 0 Å². The average molecular weight is 358 g/mol. The molecule has 2 aromatic carbocycles. The number of piperazine rings is 1. The summed E-state index contributed by atoms with van der Waals surface area (Å²) in [5, 5.41) is 1.31. The molecular weight excluding hydrogens is 342 g/mol. The summed E-state index contributed by atoms with van der Waals surface area (Å²) < 4.78 is 1.05. The number of hydrogen-bond acceptors (Lipinski definition) is 4. The molecule has 0 bridgehead atoms. The maximum atomic E-state index is 12.7. The van der Waals surface area contributed by atoms with E-state index >= 15 is 0 Å². The van der Waals surface area contributed by atoms with Gasteiger partial charge in [0.15, 0.2) is 5.01 Å². The van der Waals surface area contributed by atoms with Crippen LogP contribution in [-0.4, -0.2) is 42.0 Å². The maximum Gasteiger partial charge on any atom is 0.282 e. The van der Waals surface area contributed by atoms with Gasteiger partial charge in [-0.3, -0.25) is 4.79 Å². The molecule has 0 saturated carbocycles. The van der Waals surface area contributed by atoms with Gasteiger partial charge in [0.05, 0.1) is 10.2 Å². The van der Waals surface area contributed by atoms with E-state index in [9.17, 15) is 4.79 Å². The Bertz CT molecular complexity index is 854. The van der Waals surface area contributed by atoms with Crippen LogP contribution in [0.5, 0.6) is 0 Å². The summed E-state index contributed by atoms with van der Waals surface area (Å²) in [7, 11) is 0. The molecule has 6 heteroatoms. The minimum Gasteiger partial charge on any atom is -0.368 e. The highest BCUT2D eigenvalue weighted by Crippen LogP contribution is 2.24. The van der Waals surface area contributed by atoms with Crippen molar-refractivity contribution in [1.29, 1.82) is 0 Å². The van der Waals surface area contributed by atoms with Gasteiger partial charge in [-0.05, 0) is 30.3 Å². The van der Waals surface area contributed by atoms with Gasteiger partial charge in [-0.2, -0.15) is 0 Å². The number of rotatable bonds is 2. The van der Waals surface area contributed by atoms with Crippen LogP contribution >= 0.6 is 22.9 Å². The zero-order valence-electron chi connectivity index (χ0n) is 13.0. The van der Waals surface area contributed by atoms with E-state index in [0.717, 1.165) is 34.0 Å². The third-order valence-electron chi connectivity index (χ3n) is 4.22. The molecular formula is C18H16ClN3OS. The van der Waals surface area contributed by atoms with E-state index in [1.54, 1.807) is 0 Å². The number of carbonyl (C=O) groups excluding carboxylic acids is 1. The summed E-state index contributed by atoms with van der Waals surface area (Å²) in [6.07, 6.45) is 0. The number of para-hydroxylation sites is 1. The van der Waals surface area contributed by atoms with Gasteiger partial charge in [-0.1, -0.05) is 29.8 Å². The van der Waals surface area contributed by atoms with E-state index in [0.29, 0.717) is 18.1 Å². The van der Waals surface area contributed by atoms with Gasteiger partial charge >= 0.3 is 0 Å². The zero-order valence-corrected chi connectivity index (χ0v) is 14.6. The molecule has 0 unspecified atom stereocenters. The second-order valence-electron chi connectivity index (χ2n) is 5.75. The van der Waals surface area contributed by atoms with Crippen LogP contribution < -0.4 is 4.90 Å². The lowest BCUT2D eigenvalue weighted by molar-refractivity contribution is 0.0746. The highest BCUT2D eigenvalue weighted by atomic mass is 35.5. The summed E-state index contributed by atoms with van der Waals surface area (Å²) in [5.74, 6) is 0.0296. The molecule has 1 aromatic heterocycles. The number of amides is 1. The minimum atomic E-state index is 0.0296. The lowest BCUT2D eigenvalue weighted by atomic mass is 10.2. The number of benzene rings is 2. The SMILES string of the molecule is O=C(c1nc2ccccc2s1)N1CCN(c2cccc(Cl)c2)CC1. The standard InChI is InChI=1S/C18H16ClN3OS/c19-13-4-3-5-14(12-13)21-8-10-22(11-9-21)18(23)17-20-15-6-1-2-7-16(15)24-17/h1-7,12H,8-11H2. The van der Waals surface area contributed by atoms with Crippen LogP contribution in [0.25, 0.3) is 10.2 Å². The van der Waals surface area contributed by atoms with Crippen LogP contribution in [0, 0.1) is 0 Å². The summed E-state index contributed by atoms with van der Waals surface area (Å²) in [4.78, 5) is 21.3. The van der Waals surface area contributed by atoms with Crippen molar-refractivity contribution in [2.24, 2.45) is 0 Å². The van der Waals surface area contributed by atoms with Gasteiger partial charge in [-0.25, -0.2) is 4.98 Å². The Kier molecular flexibility index (Phi) is 4.12. The van der Waals surface area contributed by atoms with E-state index < -0.39 is 0 Å². The first-order chi connectivity index (χ1) is 11.7. The molecule has 0 atom stereocenters. The molecule has 2 heterocycles. The average Bonchev–Trinajstić information content (AvgIpc) is 3.05. The lowest BCUT2D eigenvalue weighted by Gasteiger charge is -2.35. The largest absolute Gasteiger partial charge is 0.368 e. The quantitative estimate of drug-likeness (QED) is 0.697. The van der Waals surface area contributed by atoms with Crippen LogP contribution in [-0.2, 0) is 0 Å². The predicted octanol–water partition coefficient (Wildman–Crippen LogP) is 3.91. The van der Waals surface area contributed by atoms with Crippen LogP contribution in [0.1, 0.15) is 9.80 Å². The van der Waals surface area contributed by atoms with Gasteiger partial charge in [-0.15, -0.1) is 11.3 Å². The summed E-state index contributed by atoms with van der Waals surface area (Å²) in [6.45, 7) is 3.00. The molecule has 4 nitrogen and oxygen atoms in total. The molecule has 0 N–H and O–H groups in total. The first-order valence-corrected chi connectivity index (χ1v) is 9.05. The molecule has 4 rings (SSSR count). The molecule has 1 amide bonds. The fourth-order valence-corrected chi connectivity index (χ4v) is 4.06. The van der Waals surface area contributed by atoms with Gasteiger partial charge < -0.3 is 9.80 Å². The van der Waals surface area contributed by atoms with Crippen LogP contribution in [0.15, 0.2) is 48.5 Å². The van der Waals surface area contributed by atoms with E-state index in [2.05, 4.69) is 16.0 Å². The van der Waals surface area contributed by atoms with Crippen molar-refractivity contribution in [1.82, 2.24) is 9.88 Å². The van der Waals surface area contributed by atoms with Crippen molar-refractivity contribution in [2.75, 3.05) is 31.1 Å². The van der Waals surface area contributed by atoms with Crippen molar-refractivity contribution < 1.29 is 4.79 Å². The van der Waals surface area contributed by atoms with Gasteiger partial charge in [0, 0.05) is 36.9 Å². The molecule has 0 aliphatic carbocycles. The number of halogens is 1. The van der Waals surface area contributed by atoms with Gasteiger partial charge in [0.2, 0.25) is 0 Å². The Morgan fingerprint density at radius 3 is 2.58 bits per heavy atom. The highest BCUT2D eigenvalue weighted by Gasteiger charge is 2.24. The monoisotopic (exact) mass is 357 g/mol. The van der Waals surface area contributed by atoms with Crippen molar-refractivity contribution >= 4 is 44.7 Å². The first-order valence-electron chi connectivity index (χ1n) is 7.86. The zero-order chi connectivity index (χ0) is 16.5. The highest BCUT2D eigenvalue weighted by molar-refractivity contribution is 7.20. The van der Waals surface area contributed by atoms with Crippen LogP contribution in [0.3, 0.4) is 0 Å². The Balaban J connectivity index is 1.46. The molecule has 1 aliphatic rings. The number of hydrogen-bond donors (Lipinski definition) is 0. The molecule has 0 spiro atoms. The van der Waals surface area contributed by atoms with Crippen molar-refractivity contribution in [3.63, 3.8) is 0 Å². The van der Waals surface area contributed by atoms with Gasteiger partial charge in [0.25, 0.3) is 5.91 Å². The molecule has 1 aliphatic heterocycles. The number of thiazole rings is 1. The molecule has 1 saturated heterocycles. The number of carbonyl (C=O) groups is 1. The topological polar surface area (TPSA) is 36.4 Å². The Morgan fingerprint density at radius 1 is 1.04 bits per heavy atom. The second kappa shape index (κ2) is 6.42. The fourth-order valence-electron chi connectivity index (χ4n) is 2.94. The summed E-state index contributed by atoms with van der Waals surface area (Å²) in [6, 6.07) is 15.7. The normalized spacial score (nSPS) is 15.0. The Morgan fingerprint density at radius 2 is 1.83 bits per heavy atom. The smallest absolute Gasteiger partial charge is 0.282 e. The lowest BCUT2D eigenvalue weighted by Crippen LogP contribution is -2.48. The summed E-state index contributed by atoms with van der Waals surface area (Å²) in [5.41, 5.74) is 2.00. The molecule has 122 valence electrons. The minimum absolute atomic E-state index is 0.0296. The van der Waals surface area contributed by atoms with E-state index in [4.69, 9.17) is 11.6 Å². The predicted molar refractivity (Wildman–Crippen MR) is 99.2 cm³/mol. The van der Waals surface area contributed by atoms with Crippen molar-refractivity contribution in [3.05, 3.63) is 58.6 Å². The second-order valence-corrected chi connectivity index (χ2v) is 7.21. The van der Waals surface area contributed by atoms with Crippen LogP contribution in [0.4, 0.5) is 5.69 Å². The third kappa shape index (κ3) is 2.97. The van der Waals surface area contributed by atoms with E-state index in [-0.39, 0.29) is 5.91 Å². The van der Waals surface area contributed by atoms with E-state index in [1.165, 1.54) is 11.3 Å². The van der Waals surface area contributed by atoms with Crippen LogP contribution in [0.2, 0.25) is 5.02 Å². The Labute approximate surface area is 149 Å². The molecule has 0 radical (unpaired) electrons. The summed E-state index contributed by atoms with van der Waals surface area (Å²) >= 11 is 7.53. The number of fused-ring (bicyclic) bond motifs is 1. The maximum absolute atomic E-state index is 12.7. The molecule has 3 aromatic rings. The van der Waals surface area contributed by atoms with Crippen molar-refractivity contribution in [2.45, 2.75) is 0 Å². The molecule has 24 heavy (non-hydrogen) atoms. The van der Waals surface area contributed by atoms with E-state index in [1.807, 2.05) is 47.4 Å². The third-order valence-corrected chi connectivity index (χ3v) is 5.48. The molecule has 1 fully saturated rings. The first kappa shape index (κ1) is 15.4. The van der Waals surface area contributed by atoms with Crippen molar-refractivity contribution in [3.8, 4) is 0 Å².